The van der Waals surface area contributed by atoms with Gasteiger partial charge in [-0.15, -0.1) is 0 Å². The molecule has 1 aromatic heterocycles. The van der Waals surface area contributed by atoms with Crippen molar-refractivity contribution in [2.45, 2.75) is 19.8 Å². The van der Waals surface area contributed by atoms with Crippen molar-refractivity contribution in [3.63, 3.8) is 0 Å². The summed E-state index contributed by atoms with van der Waals surface area (Å²) in [5.41, 5.74) is 1.37. The Morgan fingerprint density at radius 1 is 1.38 bits per heavy atom. The van der Waals surface area contributed by atoms with E-state index in [1.165, 1.54) is 10.8 Å². The van der Waals surface area contributed by atoms with Crippen LogP contribution in [0.15, 0.2) is 35.7 Å². The van der Waals surface area contributed by atoms with Gasteiger partial charge in [0.1, 0.15) is 0 Å². The van der Waals surface area contributed by atoms with Crippen molar-refractivity contribution in [2.24, 2.45) is 4.99 Å². The molecule has 0 fully saturated rings. The van der Waals surface area contributed by atoms with Gasteiger partial charge in [-0.25, -0.2) is 0 Å². The predicted molar refractivity (Wildman–Crippen MR) is 52.5 cm³/mol. The average Bonchev–Trinajstić information content (AvgIpc) is 2.14. The van der Waals surface area contributed by atoms with Gasteiger partial charge in [0.05, 0.1) is 5.36 Å². The van der Waals surface area contributed by atoms with Gasteiger partial charge in [0.25, 0.3) is 0 Å². The molecule has 1 aliphatic rings. The Kier molecular flexibility index (Phi) is 2.21. The van der Waals surface area contributed by atoms with E-state index in [-0.39, 0.29) is 0 Å². The summed E-state index contributed by atoms with van der Waals surface area (Å²) < 4.78 is 0. The Bertz CT molecular complexity index is 443. The lowest BCUT2D eigenvalue weighted by molar-refractivity contribution is 1.02. The summed E-state index contributed by atoms with van der Waals surface area (Å²) in [5, 5.41) is 2.22. The second-order valence-corrected chi connectivity index (χ2v) is 3.23. The van der Waals surface area contributed by atoms with E-state index in [4.69, 9.17) is 0 Å². The maximum Gasteiger partial charge on any atom is 0.0732 e. The molecule has 2 heteroatoms. The highest BCUT2D eigenvalue weighted by molar-refractivity contribution is 5.41. The molecule has 0 radical (unpaired) electrons. The molecule has 0 atom stereocenters. The molecule has 0 bridgehead atoms. The summed E-state index contributed by atoms with van der Waals surface area (Å²) in [6, 6.07) is 1.95. The third-order valence-electron chi connectivity index (χ3n) is 2.26. The highest BCUT2D eigenvalue weighted by Gasteiger charge is 1.95. The molecule has 13 heavy (non-hydrogen) atoms. The molecule has 1 aromatic rings. The molecule has 66 valence electrons. The van der Waals surface area contributed by atoms with Crippen molar-refractivity contribution in [3.05, 3.63) is 41.3 Å². The fourth-order valence-electron chi connectivity index (χ4n) is 1.47. The predicted octanol–water partition coefficient (Wildman–Crippen LogP) is 1.18. The Labute approximate surface area is 77.4 Å². The van der Waals surface area contributed by atoms with Crippen LogP contribution in [0.5, 0.6) is 0 Å². The van der Waals surface area contributed by atoms with Crippen LogP contribution in [0.4, 0.5) is 0 Å². The molecule has 0 saturated carbocycles. The van der Waals surface area contributed by atoms with Crippen molar-refractivity contribution in [2.75, 3.05) is 0 Å². The second kappa shape index (κ2) is 3.52. The maximum absolute atomic E-state index is 4.36. The van der Waals surface area contributed by atoms with Crippen molar-refractivity contribution < 1.29 is 0 Å². The van der Waals surface area contributed by atoms with Crippen molar-refractivity contribution in [3.8, 4) is 0 Å². The summed E-state index contributed by atoms with van der Waals surface area (Å²) in [6.45, 7) is 2.15. The Hall–Kier alpha value is -1.44. The number of allylic oxidation sites excluding steroid dienone is 1. The van der Waals surface area contributed by atoms with Gasteiger partial charge < -0.3 is 0 Å². The molecular weight excluding hydrogens is 160 g/mol. The number of nitrogens with zero attached hydrogens (tertiary/aromatic N) is 2. The monoisotopic (exact) mass is 172 g/mol. The molecule has 2 heterocycles. The third-order valence-corrected chi connectivity index (χ3v) is 2.26. The maximum atomic E-state index is 4.36. The number of rotatable bonds is 0. The van der Waals surface area contributed by atoms with Gasteiger partial charge in [0, 0.05) is 23.8 Å². The van der Waals surface area contributed by atoms with E-state index in [0.717, 1.165) is 18.2 Å². The Balaban J connectivity index is 2.80. The van der Waals surface area contributed by atoms with E-state index in [1.807, 2.05) is 18.5 Å². The van der Waals surface area contributed by atoms with Gasteiger partial charge >= 0.3 is 0 Å². The Morgan fingerprint density at radius 2 is 2.31 bits per heavy atom. The van der Waals surface area contributed by atoms with Crippen LogP contribution < -0.4 is 10.6 Å². The van der Waals surface area contributed by atoms with Crippen molar-refractivity contribution in [1.29, 1.82) is 0 Å². The van der Waals surface area contributed by atoms with E-state index in [0.29, 0.717) is 0 Å². The lowest BCUT2D eigenvalue weighted by Crippen LogP contribution is -2.27. The first-order chi connectivity index (χ1) is 6.38. The van der Waals surface area contributed by atoms with Gasteiger partial charge in [0.15, 0.2) is 0 Å². The zero-order valence-corrected chi connectivity index (χ0v) is 7.70. The molecule has 1 aliphatic heterocycles. The zero-order chi connectivity index (χ0) is 9.10. The van der Waals surface area contributed by atoms with Crippen molar-refractivity contribution in [1.82, 2.24) is 4.98 Å². The van der Waals surface area contributed by atoms with Gasteiger partial charge in [-0.2, -0.15) is 0 Å². The Morgan fingerprint density at radius 3 is 3.23 bits per heavy atom. The minimum Gasteiger partial charge on any atom is -0.264 e. The standard InChI is InChI=1S/C11H12N2/c1-9-4-2-3-6-13-11-5-7-12-8-10(9)11/h3,5-8H,2,4H2,1H3/b6-3-,10-9-,13-11+. The number of pyridine rings is 1. The summed E-state index contributed by atoms with van der Waals surface area (Å²) in [7, 11) is 0. The third kappa shape index (κ3) is 1.66. The fraction of sp³-hybridized carbons (Fsp3) is 0.273. The number of hydrogen-bond acceptors (Lipinski definition) is 2. The van der Waals surface area contributed by atoms with E-state index in [9.17, 15) is 0 Å². The van der Waals surface area contributed by atoms with Crippen LogP contribution in [0.25, 0.3) is 5.57 Å². The molecule has 0 aromatic carbocycles. The normalized spacial score (nSPS) is 24.8. The summed E-state index contributed by atoms with van der Waals surface area (Å²) in [4.78, 5) is 8.47. The average molecular weight is 172 g/mol. The topological polar surface area (TPSA) is 25.2 Å². The van der Waals surface area contributed by atoms with Gasteiger partial charge in [-0.3, -0.25) is 9.98 Å². The molecule has 2 nitrogen and oxygen atoms in total. The molecular formula is C11H12N2. The lowest BCUT2D eigenvalue weighted by atomic mass is 10.1. The van der Waals surface area contributed by atoms with Crippen LogP contribution in [0, 0.1) is 0 Å². The first kappa shape index (κ1) is 8.17. The van der Waals surface area contributed by atoms with Crippen LogP contribution >= 0.6 is 0 Å². The zero-order valence-electron chi connectivity index (χ0n) is 7.70. The van der Waals surface area contributed by atoms with Crippen LogP contribution in [-0.4, -0.2) is 4.98 Å². The quantitative estimate of drug-likeness (QED) is 0.577. The molecule has 0 amide bonds. The first-order valence-corrected chi connectivity index (χ1v) is 4.50. The molecule has 2 rings (SSSR count). The van der Waals surface area contributed by atoms with E-state index < -0.39 is 0 Å². The fourth-order valence-corrected chi connectivity index (χ4v) is 1.47. The highest BCUT2D eigenvalue weighted by atomic mass is 14.7. The van der Waals surface area contributed by atoms with Crippen LogP contribution in [0.1, 0.15) is 19.8 Å². The van der Waals surface area contributed by atoms with E-state index in [1.54, 1.807) is 6.20 Å². The van der Waals surface area contributed by atoms with Crippen LogP contribution in [0.3, 0.4) is 0 Å². The molecule has 0 unspecified atom stereocenters. The largest absolute Gasteiger partial charge is 0.264 e. The molecule has 0 aliphatic carbocycles. The molecule has 0 spiro atoms. The molecule has 0 N–H and O–H groups in total. The van der Waals surface area contributed by atoms with Crippen molar-refractivity contribution >= 4 is 5.57 Å². The number of aromatic nitrogens is 1. The minimum absolute atomic E-state index is 1.03. The summed E-state index contributed by atoms with van der Waals surface area (Å²) >= 11 is 0. The molecule has 0 saturated heterocycles. The first-order valence-electron chi connectivity index (χ1n) is 4.50. The SMILES string of the molecule is C\C1=c2/cncc/c2=N\C=C/CC1. The summed E-state index contributed by atoms with van der Waals surface area (Å²) in [5.74, 6) is 0. The van der Waals surface area contributed by atoms with E-state index >= 15 is 0 Å². The number of hydrogen-bond donors (Lipinski definition) is 0. The van der Waals surface area contributed by atoms with Gasteiger partial charge in [-0.1, -0.05) is 11.6 Å². The van der Waals surface area contributed by atoms with Crippen LogP contribution in [0.2, 0.25) is 0 Å². The van der Waals surface area contributed by atoms with Gasteiger partial charge in [-0.05, 0) is 25.8 Å². The van der Waals surface area contributed by atoms with E-state index in [2.05, 4.69) is 23.0 Å². The minimum atomic E-state index is 1.03. The van der Waals surface area contributed by atoms with Gasteiger partial charge in [0.2, 0.25) is 0 Å². The van der Waals surface area contributed by atoms with Crippen LogP contribution in [-0.2, 0) is 0 Å². The number of fused-ring (bicyclic) bond motifs is 1. The smallest absolute Gasteiger partial charge is 0.0732 e. The highest BCUT2D eigenvalue weighted by Crippen LogP contribution is 2.03. The second-order valence-electron chi connectivity index (χ2n) is 3.23. The lowest BCUT2D eigenvalue weighted by Gasteiger charge is -2.00. The summed E-state index contributed by atoms with van der Waals surface area (Å²) in [6.07, 6.45) is 9.84.